The van der Waals surface area contributed by atoms with Crippen LogP contribution in [0.1, 0.15) is 12.5 Å². The summed E-state index contributed by atoms with van der Waals surface area (Å²) < 4.78 is 4.89. The van der Waals surface area contributed by atoms with Crippen LogP contribution in [0.4, 0.5) is 0 Å². The van der Waals surface area contributed by atoms with E-state index in [-0.39, 0.29) is 12.0 Å². The Balaban J connectivity index is 2.25. The number of pyridine rings is 1. The summed E-state index contributed by atoms with van der Waals surface area (Å²) in [6, 6.07) is 3.87. The van der Waals surface area contributed by atoms with Crippen molar-refractivity contribution in [3.05, 3.63) is 30.1 Å². The molecular weight excluding hydrogens is 192 g/mol. The number of ether oxygens (including phenoxy) is 1. The van der Waals surface area contributed by atoms with E-state index >= 15 is 0 Å². The topological polar surface area (TPSA) is 51.2 Å². The molecule has 1 rings (SSSR count). The molecule has 15 heavy (non-hydrogen) atoms. The van der Waals surface area contributed by atoms with Crippen LogP contribution in [0.2, 0.25) is 0 Å². The zero-order valence-corrected chi connectivity index (χ0v) is 9.06. The molecule has 0 aromatic carbocycles. The highest BCUT2D eigenvalue weighted by Crippen LogP contribution is 1.96. The van der Waals surface area contributed by atoms with Gasteiger partial charge >= 0.3 is 0 Å². The Morgan fingerprint density at radius 2 is 2.20 bits per heavy atom. The molecular formula is C11H16N2O2. The van der Waals surface area contributed by atoms with Crippen LogP contribution in [-0.2, 0) is 16.0 Å². The lowest BCUT2D eigenvalue weighted by molar-refractivity contribution is -0.129. The van der Waals surface area contributed by atoms with Gasteiger partial charge in [0.05, 0.1) is 0 Å². The second-order valence-electron chi connectivity index (χ2n) is 3.27. The lowest BCUT2D eigenvalue weighted by Crippen LogP contribution is -2.35. The summed E-state index contributed by atoms with van der Waals surface area (Å²) in [4.78, 5) is 15.2. The number of hydrogen-bond acceptors (Lipinski definition) is 3. The Bertz CT molecular complexity index is 301. The fourth-order valence-electron chi connectivity index (χ4n) is 1.13. The number of amides is 1. The van der Waals surface area contributed by atoms with Crippen LogP contribution in [0, 0.1) is 0 Å². The van der Waals surface area contributed by atoms with Gasteiger partial charge in [-0.2, -0.15) is 0 Å². The summed E-state index contributed by atoms with van der Waals surface area (Å²) in [5.41, 5.74) is 1.16. The Morgan fingerprint density at radius 1 is 1.53 bits per heavy atom. The van der Waals surface area contributed by atoms with Crippen LogP contribution < -0.4 is 5.32 Å². The lowest BCUT2D eigenvalue weighted by atomic mass is 10.2. The monoisotopic (exact) mass is 208 g/mol. The number of nitrogens with one attached hydrogen (secondary N) is 1. The summed E-state index contributed by atoms with van der Waals surface area (Å²) in [5.74, 6) is -0.0773. The van der Waals surface area contributed by atoms with Crippen molar-refractivity contribution in [2.24, 2.45) is 0 Å². The van der Waals surface area contributed by atoms with E-state index < -0.39 is 0 Å². The zero-order valence-electron chi connectivity index (χ0n) is 9.06. The Morgan fingerprint density at radius 3 is 2.80 bits per heavy atom. The smallest absolute Gasteiger partial charge is 0.248 e. The molecule has 0 aliphatic heterocycles. The first-order valence-electron chi connectivity index (χ1n) is 4.93. The molecule has 82 valence electrons. The van der Waals surface area contributed by atoms with E-state index in [1.807, 2.05) is 12.1 Å². The van der Waals surface area contributed by atoms with Crippen molar-refractivity contribution in [2.75, 3.05) is 13.7 Å². The Kier molecular flexibility index (Phi) is 4.77. The number of nitrogens with zero attached hydrogens (tertiary/aromatic N) is 1. The van der Waals surface area contributed by atoms with Crippen LogP contribution in [0.5, 0.6) is 0 Å². The first-order chi connectivity index (χ1) is 7.24. The van der Waals surface area contributed by atoms with Crippen molar-refractivity contribution in [2.45, 2.75) is 19.4 Å². The van der Waals surface area contributed by atoms with E-state index in [1.165, 1.54) is 7.11 Å². The average Bonchev–Trinajstić information content (AvgIpc) is 2.29. The third-order valence-corrected chi connectivity index (χ3v) is 2.19. The molecule has 0 aliphatic rings. The number of methoxy groups -OCH3 is 1. The molecule has 1 atom stereocenters. The van der Waals surface area contributed by atoms with Gasteiger partial charge in [0.25, 0.3) is 0 Å². The SMILES string of the molecule is COC(C)C(=O)NCCc1ccncc1. The number of aromatic nitrogens is 1. The predicted molar refractivity (Wildman–Crippen MR) is 57.4 cm³/mol. The van der Waals surface area contributed by atoms with Gasteiger partial charge in [0.15, 0.2) is 0 Å². The lowest BCUT2D eigenvalue weighted by Gasteiger charge is -2.09. The standard InChI is InChI=1S/C11H16N2O2/c1-9(15-2)11(14)13-8-5-10-3-6-12-7-4-10/h3-4,6-7,9H,5,8H2,1-2H3,(H,13,14). The number of rotatable bonds is 5. The van der Waals surface area contributed by atoms with Crippen LogP contribution in [0.25, 0.3) is 0 Å². The van der Waals surface area contributed by atoms with Crippen LogP contribution in [0.15, 0.2) is 24.5 Å². The second kappa shape index (κ2) is 6.14. The van der Waals surface area contributed by atoms with E-state index in [1.54, 1.807) is 19.3 Å². The van der Waals surface area contributed by atoms with Gasteiger partial charge in [-0.25, -0.2) is 0 Å². The highest BCUT2D eigenvalue weighted by Gasteiger charge is 2.09. The summed E-state index contributed by atoms with van der Waals surface area (Å²) in [7, 11) is 1.52. The predicted octanol–water partition coefficient (Wildman–Crippen LogP) is 0.775. The molecule has 1 heterocycles. The quantitative estimate of drug-likeness (QED) is 0.777. The third kappa shape index (κ3) is 4.08. The van der Waals surface area contributed by atoms with E-state index in [0.717, 1.165) is 12.0 Å². The highest BCUT2D eigenvalue weighted by atomic mass is 16.5. The van der Waals surface area contributed by atoms with Gasteiger partial charge in [0.2, 0.25) is 5.91 Å². The molecule has 0 saturated carbocycles. The van der Waals surface area contributed by atoms with Crippen LogP contribution in [0.3, 0.4) is 0 Å². The van der Waals surface area contributed by atoms with E-state index in [4.69, 9.17) is 4.74 Å². The van der Waals surface area contributed by atoms with Gasteiger partial charge in [-0.05, 0) is 31.0 Å². The Hall–Kier alpha value is -1.42. The summed E-state index contributed by atoms with van der Waals surface area (Å²) in [6.07, 6.45) is 3.91. The van der Waals surface area contributed by atoms with Gasteiger partial charge < -0.3 is 10.1 Å². The molecule has 4 nitrogen and oxygen atoms in total. The summed E-state index contributed by atoms with van der Waals surface area (Å²) >= 11 is 0. The molecule has 0 fully saturated rings. The van der Waals surface area contributed by atoms with E-state index in [0.29, 0.717) is 6.54 Å². The zero-order chi connectivity index (χ0) is 11.1. The van der Waals surface area contributed by atoms with Gasteiger partial charge in [-0.1, -0.05) is 0 Å². The number of carbonyl (C=O) groups is 1. The maximum Gasteiger partial charge on any atom is 0.248 e. The van der Waals surface area contributed by atoms with Crippen molar-refractivity contribution in [1.82, 2.24) is 10.3 Å². The third-order valence-electron chi connectivity index (χ3n) is 2.19. The molecule has 1 aromatic heterocycles. The van der Waals surface area contributed by atoms with Gasteiger partial charge in [0.1, 0.15) is 6.10 Å². The molecule has 1 aromatic rings. The van der Waals surface area contributed by atoms with E-state index in [2.05, 4.69) is 10.3 Å². The molecule has 0 radical (unpaired) electrons. The van der Waals surface area contributed by atoms with Crippen LogP contribution >= 0.6 is 0 Å². The Labute approximate surface area is 89.7 Å². The number of hydrogen-bond donors (Lipinski definition) is 1. The maximum absolute atomic E-state index is 11.3. The highest BCUT2D eigenvalue weighted by molar-refractivity contribution is 5.80. The largest absolute Gasteiger partial charge is 0.372 e. The molecule has 1 amide bonds. The number of carbonyl (C=O) groups excluding carboxylic acids is 1. The van der Waals surface area contributed by atoms with Crippen molar-refractivity contribution < 1.29 is 9.53 Å². The molecule has 0 bridgehead atoms. The fraction of sp³-hybridized carbons (Fsp3) is 0.455. The molecule has 0 spiro atoms. The molecule has 4 heteroatoms. The van der Waals surface area contributed by atoms with Crippen molar-refractivity contribution in [3.63, 3.8) is 0 Å². The summed E-state index contributed by atoms with van der Waals surface area (Å²) in [5, 5.41) is 2.80. The molecule has 1 N–H and O–H groups in total. The van der Waals surface area contributed by atoms with Crippen molar-refractivity contribution >= 4 is 5.91 Å². The first-order valence-corrected chi connectivity index (χ1v) is 4.93. The molecule has 0 aliphatic carbocycles. The average molecular weight is 208 g/mol. The molecule has 0 saturated heterocycles. The minimum Gasteiger partial charge on any atom is -0.372 e. The second-order valence-corrected chi connectivity index (χ2v) is 3.27. The fourth-order valence-corrected chi connectivity index (χ4v) is 1.13. The van der Waals surface area contributed by atoms with Gasteiger partial charge in [-0.15, -0.1) is 0 Å². The normalized spacial score (nSPS) is 12.1. The minimum absolute atomic E-state index is 0.0773. The van der Waals surface area contributed by atoms with Crippen molar-refractivity contribution in [1.29, 1.82) is 0 Å². The molecule has 1 unspecified atom stereocenters. The van der Waals surface area contributed by atoms with Crippen molar-refractivity contribution in [3.8, 4) is 0 Å². The maximum atomic E-state index is 11.3. The van der Waals surface area contributed by atoms with Gasteiger partial charge in [-0.3, -0.25) is 9.78 Å². The van der Waals surface area contributed by atoms with Gasteiger partial charge in [0, 0.05) is 26.0 Å². The minimum atomic E-state index is -0.387. The van der Waals surface area contributed by atoms with E-state index in [9.17, 15) is 4.79 Å². The van der Waals surface area contributed by atoms with Crippen LogP contribution in [-0.4, -0.2) is 30.6 Å². The first kappa shape index (κ1) is 11.7. The summed E-state index contributed by atoms with van der Waals surface area (Å²) in [6.45, 7) is 2.35.